The van der Waals surface area contributed by atoms with Gasteiger partial charge in [-0.2, -0.15) is 0 Å². The minimum Gasteiger partial charge on any atom is -0.444 e. The molecule has 25 heavy (non-hydrogen) atoms. The minimum atomic E-state index is -0.479. The second kappa shape index (κ2) is 8.62. The molecule has 2 amide bonds. The number of hydrogen-bond donors (Lipinski definition) is 1. The quantitative estimate of drug-likeness (QED) is 0.822. The van der Waals surface area contributed by atoms with Crippen LogP contribution < -0.4 is 5.32 Å². The lowest BCUT2D eigenvalue weighted by Crippen LogP contribution is -2.50. The molecule has 0 aromatic carbocycles. The van der Waals surface area contributed by atoms with E-state index in [1.165, 1.54) is 0 Å². The molecule has 1 aromatic rings. The number of hydrogen-bond acceptors (Lipinski definition) is 5. The average molecular weight is 413 g/mol. The lowest BCUT2D eigenvalue weighted by atomic mass is 10.2. The maximum atomic E-state index is 12.0. The summed E-state index contributed by atoms with van der Waals surface area (Å²) in [5.41, 5.74) is 0.197. The van der Waals surface area contributed by atoms with Gasteiger partial charge in [-0.05, 0) is 42.8 Å². The Bertz CT molecular complexity index is 610. The molecule has 1 N–H and O–H groups in total. The Hall–Kier alpha value is -1.67. The predicted molar refractivity (Wildman–Crippen MR) is 99.4 cm³/mol. The van der Waals surface area contributed by atoms with E-state index in [-0.39, 0.29) is 12.0 Å². The highest BCUT2D eigenvalue weighted by molar-refractivity contribution is 9.10. The van der Waals surface area contributed by atoms with Gasteiger partial charge in [-0.3, -0.25) is 14.7 Å². The fourth-order valence-corrected chi connectivity index (χ4v) is 2.81. The van der Waals surface area contributed by atoms with Crippen molar-refractivity contribution in [1.29, 1.82) is 0 Å². The molecular weight excluding hydrogens is 388 g/mol. The van der Waals surface area contributed by atoms with Crippen LogP contribution in [0.3, 0.4) is 0 Å². The Labute approximate surface area is 156 Å². The molecule has 2 heterocycles. The van der Waals surface area contributed by atoms with Crippen molar-refractivity contribution in [2.45, 2.75) is 32.8 Å². The Kier molecular flexibility index (Phi) is 6.78. The smallest absolute Gasteiger partial charge is 0.410 e. The summed E-state index contributed by atoms with van der Waals surface area (Å²) >= 11 is 3.32. The highest BCUT2D eigenvalue weighted by Gasteiger charge is 2.25. The second-order valence-electron chi connectivity index (χ2n) is 7.00. The van der Waals surface area contributed by atoms with Crippen molar-refractivity contribution in [3.05, 3.63) is 22.9 Å². The van der Waals surface area contributed by atoms with Gasteiger partial charge in [0.1, 0.15) is 5.60 Å². The molecule has 138 valence electrons. The van der Waals surface area contributed by atoms with Crippen molar-refractivity contribution in [3.63, 3.8) is 0 Å². The molecule has 1 aliphatic rings. The number of ether oxygens (including phenoxy) is 1. The summed E-state index contributed by atoms with van der Waals surface area (Å²) < 4.78 is 6.20. The highest BCUT2D eigenvalue weighted by Crippen LogP contribution is 2.14. The number of halogens is 1. The minimum absolute atomic E-state index is 0.0468. The van der Waals surface area contributed by atoms with Crippen molar-refractivity contribution in [1.82, 2.24) is 14.8 Å². The van der Waals surface area contributed by atoms with Crippen LogP contribution >= 0.6 is 15.9 Å². The molecule has 0 unspecified atom stereocenters. The van der Waals surface area contributed by atoms with Gasteiger partial charge in [-0.25, -0.2) is 4.79 Å². The van der Waals surface area contributed by atoms with Crippen molar-refractivity contribution >= 4 is 33.6 Å². The zero-order valence-corrected chi connectivity index (χ0v) is 16.5. The largest absolute Gasteiger partial charge is 0.444 e. The number of carbonyl (C=O) groups is 2. The van der Waals surface area contributed by atoms with E-state index < -0.39 is 5.60 Å². The SMILES string of the molecule is CC(C)(C)OC(=O)N1CCN(CCC(=O)Nc2cncc(Br)c2)CC1. The molecule has 7 nitrogen and oxygen atoms in total. The third-order valence-corrected chi connectivity index (χ3v) is 4.10. The Morgan fingerprint density at radius 3 is 2.52 bits per heavy atom. The first-order valence-corrected chi connectivity index (χ1v) is 9.13. The molecule has 1 fully saturated rings. The highest BCUT2D eigenvalue weighted by atomic mass is 79.9. The number of nitrogens with one attached hydrogen (secondary N) is 1. The number of aromatic nitrogens is 1. The molecule has 0 bridgehead atoms. The molecule has 2 rings (SSSR count). The fraction of sp³-hybridized carbons (Fsp3) is 0.588. The van der Waals surface area contributed by atoms with Crippen molar-refractivity contribution in [2.24, 2.45) is 0 Å². The van der Waals surface area contributed by atoms with Gasteiger partial charge in [0, 0.05) is 49.8 Å². The first-order chi connectivity index (χ1) is 11.7. The Balaban J connectivity index is 1.70. The molecule has 0 aliphatic carbocycles. The number of amides is 2. The van der Waals surface area contributed by atoms with Gasteiger partial charge in [0.25, 0.3) is 0 Å². The molecule has 0 atom stereocenters. The average Bonchev–Trinajstić information content (AvgIpc) is 2.52. The van der Waals surface area contributed by atoms with Gasteiger partial charge in [0.2, 0.25) is 5.91 Å². The van der Waals surface area contributed by atoms with Crippen LogP contribution in [0.5, 0.6) is 0 Å². The maximum absolute atomic E-state index is 12.0. The van der Waals surface area contributed by atoms with Crippen LogP contribution in [-0.4, -0.2) is 65.1 Å². The zero-order chi connectivity index (χ0) is 18.4. The van der Waals surface area contributed by atoms with Crippen LogP contribution in [0, 0.1) is 0 Å². The monoisotopic (exact) mass is 412 g/mol. The third kappa shape index (κ3) is 6.99. The van der Waals surface area contributed by atoms with Crippen LogP contribution in [0.15, 0.2) is 22.9 Å². The zero-order valence-electron chi connectivity index (χ0n) is 14.9. The molecule has 1 saturated heterocycles. The molecule has 1 aliphatic heterocycles. The molecule has 0 spiro atoms. The first kappa shape index (κ1) is 19.7. The van der Waals surface area contributed by atoms with Crippen LogP contribution in [0.4, 0.5) is 10.5 Å². The number of piperazine rings is 1. The molecular formula is C17H25BrN4O3. The van der Waals surface area contributed by atoms with Crippen LogP contribution in [0.25, 0.3) is 0 Å². The lowest BCUT2D eigenvalue weighted by molar-refractivity contribution is -0.116. The number of rotatable bonds is 4. The lowest BCUT2D eigenvalue weighted by Gasteiger charge is -2.35. The maximum Gasteiger partial charge on any atom is 0.410 e. The second-order valence-corrected chi connectivity index (χ2v) is 7.91. The topological polar surface area (TPSA) is 74.8 Å². The normalized spacial score (nSPS) is 15.8. The van der Waals surface area contributed by atoms with E-state index in [2.05, 4.69) is 31.1 Å². The van der Waals surface area contributed by atoms with Gasteiger partial charge in [0.05, 0.1) is 11.9 Å². The predicted octanol–water partition coefficient (Wildman–Crippen LogP) is 2.73. The van der Waals surface area contributed by atoms with E-state index in [0.717, 1.165) is 17.6 Å². The molecule has 0 radical (unpaired) electrons. The van der Waals surface area contributed by atoms with Crippen LogP contribution in [-0.2, 0) is 9.53 Å². The first-order valence-electron chi connectivity index (χ1n) is 8.33. The van der Waals surface area contributed by atoms with E-state index >= 15 is 0 Å². The van der Waals surface area contributed by atoms with Gasteiger partial charge >= 0.3 is 6.09 Å². The van der Waals surface area contributed by atoms with E-state index in [1.54, 1.807) is 17.3 Å². The van der Waals surface area contributed by atoms with Gasteiger partial charge in [0.15, 0.2) is 0 Å². The van der Waals surface area contributed by atoms with Crippen molar-refractivity contribution in [3.8, 4) is 0 Å². The van der Waals surface area contributed by atoms with Gasteiger partial charge in [-0.1, -0.05) is 0 Å². The Morgan fingerprint density at radius 2 is 1.92 bits per heavy atom. The molecule has 0 saturated carbocycles. The van der Waals surface area contributed by atoms with E-state index in [9.17, 15) is 9.59 Å². The van der Waals surface area contributed by atoms with Crippen molar-refractivity contribution < 1.29 is 14.3 Å². The van der Waals surface area contributed by atoms with Crippen molar-refractivity contribution in [2.75, 3.05) is 38.0 Å². The molecule has 8 heteroatoms. The summed E-state index contributed by atoms with van der Waals surface area (Å²) in [7, 11) is 0. The van der Waals surface area contributed by atoms with E-state index in [4.69, 9.17) is 4.74 Å². The number of carbonyl (C=O) groups excluding carboxylic acids is 2. The summed E-state index contributed by atoms with van der Waals surface area (Å²) in [4.78, 5) is 32.0. The van der Waals surface area contributed by atoms with E-state index in [0.29, 0.717) is 31.7 Å². The standard InChI is InChI=1S/C17H25BrN4O3/c1-17(2,3)25-16(24)22-8-6-21(7-9-22)5-4-15(23)20-14-10-13(18)11-19-12-14/h10-12H,4-9H2,1-3H3,(H,20,23). The Morgan fingerprint density at radius 1 is 1.24 bits per heavy atom. The number of anilines is 1. The van der Waals surface area contributed by atoms with E-state index in [1.807, 2.05) is 26.8 Å². The molecule has 1 aromatic heterocycles. The van der Waals surface area contributed by atoms with Gasteiger partial charge < -0.3 is 15.0 Å². The number of pyridine rings is 1. The van der Waals surface area contributed by atoms with Crippen LogP contribution in [0.2, 0.25) is 0 Å². The summed E-state index contributed by atoms with van der Waals surface area (Å²) in [6, 6.07) is 1.81. The summed E-state index contributed by atoms with van der Waals surface area (Å²) in [5.74, 6) is -0.0468. The summed E-state index contributed by atoms with van der Waals surface area (Å²) in [6.45, 7) is 8.96. The summed E-state index contributed by atoms with van der Waals surface area (Å²) in [5, 5.41) is 2.83. The van der Waals surface area contributed by atoms with Crippen LogP contribution in [0.1, 0.15) is 27.2 Å². The third-order valence-electron chi connectivity index (χ3n) is 3.67. The fourth-order valence-electron chi connectivity index (χ4n) is 2.44. The number of nitrogens with zero attached hydrogens (tertiary/aromatic N) is 3. The van der Waals surface area contributed by atoms with Gasteiger partial charge in [-0.15, -0.1) is 0 Å². The summed E-state index contributed by atoms with van der Waals surface area (Å²) in [6.07, 6.45) is 3.41.